The molecule has 1 aromatic carbocycles. The van der Waals surface area contributed by atoms with E-state index in [0.29, 0.717) is 6.04 Å². The Morgan fingerprint density at radius 1 is 1.19 bits per heavy atom. The third kappa shape index (κ3) is 4.55. The third-order valence-corrected chi connectivity index (χ3v) is 4.93. The molecule has 1 aromatic rings. The van der Waals surface area contributed by atoms with Crippen molar-refractivity contribution < 1.29 is 4.74 Å². The third-order valence-electron chi connectivity index (χ3n) is 4.93. The summed E-state index contributed by atoms with van der Waals surface area (Å²) in [6.45, 7) is 3.34. The van der Waals surface area contributed by atoms with Gasteiger partial charge in [0, 0.05) is 13.2 Å². The molecule has 1 aliphatic rings. The Balaban J connectivity index is 1.89. The van der Waals surface area contributed by atoms with E-state index in [9.17, 15) is 0 Å². The van der Waals surface area contributed by atoms with Crippen LogP contribution in [0.5, 0.6) is 0 Å². The Bertz CT molecular complexity index is 384. The molecule has 2 nitrogen and oxygen atoms in total. The topological polar surface area (TPSA) is 21.3 Å². The van der Waals surface area contributed by atoms with E-state index in [2.05, 4.69) is 42.6 Å². The summed E-state index contributed by atoms with van der Waals surface area (Å²) >= 11 is 0. The maximum absolute atomic E-state index is 6.00. The number of hydrogen-bond acceptors (Lipinski definition) is 2. The molecule has 0 bridgehead atoms. The largest absolute Gasteiger partial charge is 0.377 e. The number of hydrogen-bond donors (Lipinski definition) is 1. The van der Waals surface area contributed by atoms with Gasteiger partial charge in [-0.05, 0) is 50.6 Å². The molecule has 1 atom stereocenters. The highest BCUT2D eigenvalue weighted by atomic mass is 16.5. The summed E-state index contributed by atoms with van der Waals surface area (Å²) in [5.74, 6) is 0. The van der Waals surface area contributed by atoms with E-state index in [1.165, 1.54) is 56.9 Å². The molecule has 0 radical (unpaired) electrons. The first-order valence-electron chi connectivity index (χ1n) is 8.63. The van der Waals surface area contributed by atoms with Gasteiger partial charge in [0.25, 0.3) is 0 Å². The van der Waals surface area contributed by atoms with Crippen molar-refractivity contribution >= 4 is 0 Å². The molecule has 2 heteroatoms. The standard InChI is InChI=1S/C19H31NO/c1-3-16-20-18(19(21-2)14-7-8-15-19)13-9-12-17-10-5-4-6-11-17/h4-6,10-11,18,20H,3,7-9,12-16H2,1-2H3. The summed E-state index contributed by atoms with van der Waals surface area (Å²) in [6, 6.07) is 11.3. The van der Waals surface area contributed by atoms with Gasteiger partial charge in [-0.3, -0.25) is 0 Å². The number of nitrogens with one attached hydrogen (secondary N) is 1. The van der Waals surface area contributed by atoms with Crippen molar-refractivity contribution in [3.8, 4) is 0 Å². The van der Waals surface area contributed by atoms with Crippen LogP contribution in [0.1, 0.15) is 57.4 Å². The fourth-order valence-corrected chi connectivity index (χ4v) is 3.69. The molecule has 21 heavy (non-hydrogen) atoms. The molecule has 1 unspecified atom stereocenters. The fourth-order valence-electron chi connectivity index (χ4n) is 3.69. The molecule has 1 saturated carbocycles. The molecule has 0 amide bonds. The van der Waals surface area contributed by atoms with E-state index in [-0.39, 0.29) is 5.60 Å². The zero-order chi connectivity index (χ0) is 15.0. The minimum Gasteiger partial charge on any atom is -0.377 e. The molecule has 118 valence electrons. The maximum Gasteiger partial charge on any atom is 0.0830 e. The second-order valence-electron chi connectivity index (χ2n) is 6.36. The van der Waals surface area contributed by atoms with Crippen LogP contribution in [-0.2, 0) is 11.2 Å². The SMILES string of the molecule is CCCNC(CCCc1ccccc1)C1(OC)CCCC1. The van der Waals surface area contributed by atoms with Crippen molar-refractivity contribution in [3.05, 3.63) is 35.9 Å². The van der Waals surface area contributed by atoms with Crippen LogP contribution in [0, 0.1) is 0 Å². The van der Waals surface area contributed by atoms with E-state index in [1.54, 1.807) is 0 Å². The van der Waals surface area contributed by atoms with Crippen LogP contribution in [0.4, 0.5) is 0 Å². The highest BCUT2D eigenvalue weighted by Gasteiger charge is 2.40. The van der Waals surface area contributed by atoms with Gasteiger partial charge in [0.2, 0.25) is 0 Å². The Morgan fingerprint density at radius 2 is 1.90 bits per heavy atom. The average molecular weight is 289 g/mol. The summed E-state index contributed by atoms with van der Waals surface area (Å²) < 4.78 is 6.00. The van der Waals surface area contributed by atoms with Crippen LogP contribution in [-0.4, -0.2) is 25.3 Å². The first-order chi connectivity index (χ1) is 10.3. The highest BCUT2D eigenvalue weighted by molar-refractivity contribution is 5.14. The lowest BCUT2D eigenvalue weighted by atomic mass is 9.87. The van der Waals surface area contributed by atoms with Crippen molar-refractivity contribution in [3.63, 3.8) is 0 Å². The van der Waals surface area contributed by atoms with Crippen LogP contribution < -0.4 is 5.32 Å². The second kappa shape index (κ2) is 8.55. The monoisotopic (exact) mass is 289 g/mol. The van der Waals surface area contributed by atoms with Gasteiger partial charge in [-0.15, -0.1) is 0 Å². The maximum atomic E-state index is 6.00. The van der Waals surface area contributed by atoms with E-state index < -0.39 is 0 Å². The Hall–Kier alpha value is -0.860. The predicted molar refractivity (Wildman–Crippen MR) is 89.7 cm³/mol. The number of benzene rings is 1. The zero-order valence-corrected chi connectivity index (χ0v) is 13.7. The summed E-state index contributed by atoms with van der Waals surface area (Å²) in [6.07, 6.45) is 9.87. The number of aryl methyl sites for hydroxylation is 1. The lowest BCUT2D eigenvalue weighted by Gasteiger charge is -2.37. The lowest BCUT2D eigenvalue weighted by molar-refractivity contribution is -0.0381. The Morgan fingerprint density at radius 3 is 2.52 bits per heavy atom. The summed E-state index contributed by atoms with van der Waals surface area (Å²) in [4.78, 5) is 0. The van der Waals surface area contributed by atoms with Crippen LogP contribution >= 0.6 is 0 Å². The summed E-state index contributed by atoms with van der Waals surface area (Å²) in [5, 5.41) is 3.76. The van der Waals surface area contributed by atoms with Crippen LogP contribution in [0.3, 0.4) is 0 Å². The average Bonchev–Trinajstić information content (AvgIpc) is 3.02. The van der Waals surface area contributed by atoms with E-state index in [0.717, 1.165) is 6.54 Å². The normalized spacial score (nSPS) is 18.8. The number of methoxy groups -OCH3 is 1. The zero-order valence-electron chi connectivity index (χ0n) is 13.7. The lowest BCUT2D eigenvalue weighted by Crippen LogP contribution is -2.50. The molecule has 1 fully saturated rings. The van der Waals surface area contributed by atoms with Crippen molar-refractivity contribution in [2.24, 2.45) is 0 Å². The van der Waals surface area contributed by atoms with E-state index >= 15 is 0 Å². The van der Waals surface area contributed by atoms with Crippen LogP contribution in [0.2, 0.25) is 0 Å². The smallest absolute Gasteiger partial charge is 0.0830 e. The molecule has 0 spiro atoms. The molecular weight excluding hydrogens is 258 g/mol. The van der Waals surface area contributed by atoms with Crippen molar-refractivity contribution in [2.45, 2.75) is 69.9 Å². The summed E-state index contributed by atoms with van der Waals surface area (Å²) in [7, 11) is 1.91. The minimum absolute atomic E-state index is 0.0891. The number of ether oxygens (including phenoxy) is 1. The van der Waals surface area contributed by atoms with Crippen molar-refractivity contribution in [2.75, 3.05) is 13.7 Å². The second-order valence-corrected chi connectivity index (χ2v) is 6.36. The van der Waals surface area contributed by atoms with E-state index in [1.807, 2.05) is 7.11 Å². The molecule has 0 saturated heterocycles. The molecule has 2 rings (SSSR count). The highest BCUT2D eigenvalue weighted by Crippen LogP contribution is 2.37. The Labute approximate surface area is 130 Å². The molecule has 1 aliphatic carbocycles. The molecular formula is C19H31NO. The van der Waals surface area contributed by atoms with Gasteiger partial charge < -0.3 is 10.1 Å². The number of rotatable bonds is 9. The van der Waals surface area contributed by atoms with Gasteiger partial charge >= 0.3 is 0 Å². The molecule has 0 heterocycles. The molecule has 0 aromatic heterocycles. The van der Waals surface area contributed by atoms with Gasteiger partial charge in [0.1, 0.15) is 0 Å². The van der Waals surface area contributed by atoms with Crippen LogP contribution in [0.15, 0.2) is 30.3 Å². The quantitative estimate of drug-likeness (QED) is 0.730. The van der Waals surface area contributed by atoms with Crippen molar-refractivity contribution in [1.82, 2.24) is 5.32 Å². The Kier molecular flexibility index (Phi) is 6.72. The van der Waals surface area contributed by atoms with Gasteiger partial charge in [0.15, 0.2) is 0 Å². The van der Waals surface area contributed by atoms with Gasteiger partial charge in [0.05, 0.1) is 5.60 Å². The van der Waals surface area contributed by atoms with Gasteiger partial charge in [-0.25, -0.2) is 0 Å². The van der Waals surface area contributed by atoms with Gasteiger partial charge in [-0.1, -0.05) is 50.1 Å². The van der Waals surface area contributed by atoms with E-state index in [4.69, 9.17) is 4.74 Å². The first-order valence-corrected chi connectivity index (χ1v) is 8.63. The predicted octanol–water partition coefficient (Wildman–Crippen LogP) is 4.34. The minimum atomic E-state index is 0.0891. The van der Waals surface area contributed by atoms with Crippen molar-refractivity contribution in [1.29, 1.82) is 0 Å². The van der Waals surface area contributed by atoms with Crippen LogP contribution in [0.25, 0.3) is 0 Å². The first kappa shape index (κ1) is 16.5. The molecule has 1 N–H and O–H groups in total. The fraction of sp³-hybridized carbons (Fsp3) is 0.684. The van der Waals surface area contributed by atoms with Gasteiger partial charge in [-0.2, -0.15) is 0 Å². The summed E-state index contributed by atoms with van der Waals surface area (Å²) in [5.41, 5.74) is 1.54. The molecule has 0 aliphatic heterocycles.